The van der Waals surface area contributed by atoms with E-state index in [9.17, 15) is 5.26 Å². The van der Waals surface area contributed by atoms with Gasteiger partial charge in [-0.3, -0.25) is 4.90 Å². The van der Waals surface area contributed by atoms with Crippen molar-refractivity contribution in [1.82, 2.24) is 10.2 Å². The topological polar surface area (TPSA) is 39.1 Å². The predicted molar refractivity (Wildman–Crippen MR) is 82.5 cm³/mol. The fourth-order valence-electron chi connectivity index (χ4n) is 3.11. The van der Waals surface area contributed by atoms with Crippen LogP contribution in [0.3, 0.4) is 0 Å². The molecule has 1 aromatic carbocycles. The monoisotopic (exact) mass is 271 g/mol. The third-order valence-corrected chi connectivity index (χ3v) is 4.62. The Kier molecular flexibility index (Phi) is 4.80. The van der Waals surface area contributed by atoms with Crippen LogP contribution in [0, 0.1) is 11.3 Å². The molecule has 0 amide bonds. The first kappa shape index (κ1) is 15.0. The average Bonchev–Trinajstić information content (AvgIpc) is 2.98. The Labute approximate surface area is 122 Å². The van der Waals surface area contributed by atoms with Crippen LogP contribution in [0.25, 0.3) is 0 Å². The molecule has 1 aliphatic rings. The molecule has 0 saturated carbocycles. The minimum Gasteiger partial charge on any atom is -0.303 e. The molecule has 0 bridgehead atoms. The van der Waals surface area contributed by atoms with Gasteiger partial charge in [0.1, 0.15) is 5.54 Å². The van der Waals surface area contributed by atoms with Crippen molar-refractivity contribution in [3.8, 4) is 6.07 Å². The van der Waals surface area contributed by atoms with Crippen molar-refractivity contribution in [3.63, 3.8) is 0 Å². The van der Waals surface area contributed by atoms with E-state index in [1.54, 1.807) is 0 Å². The van der Waals surface area contributed by atoms with Crippen LogP contribution in [0.4, 0.5) is 0 Å². The number of hydrogen-bond acceptors (Lipinski definition) is 3. The van der Waals surface area contributed by atoms with Crippen molar-refractivity contribution in [2.24, 2.45) is 0 Å². The van der Waals surface area contributed by atoms with Gasteiger partial charge in [-0.1, -0.05) is 30.3 Å². The summed E-state index contributed by atoms with van der Waals surface area (Å²) in [7, 11) is 1.87. The Balaban J connectivity index is 1.94. The molecule has 20 heavy (non-hydrogen) atoms. The summed E-state index contributed by atoms with van der Waals surface area (Å²) >= 11 is 0. The largest absolute Gasteiger partial charge is 0.303 e. The molecule has 0 spiro atoms. The van der Waals surface area contributed by atoms with Crippen LogP contribution in [0.15, 0.2) is 30.3 Å². The quantitative estimate of drug-likeness (QED) is 0.895. The molecule has 1 heterocycles. The summed E-state index contributed by atoms with van der Waals surface area (Å²) in [5, 5.41) is 12.4. The standard InChI is InChI=1S/C17H25N3/c1-14(11-17(2,13-18)19-3)20-10-9-16(12-20)15-7-5-4-6-8-15/h4-8,14,16,19H,9-12H2,1-3H3. The highest BCUT2D eigenvalue weighted by Gasteiger charge is 2.31. The Bertz CT molecular complexity index is 465. The van der Waals surface area contributed by atoms with Crippen molar-refractivity contribution in [3.05, 3.63) is 35.9 Å². The van der Waals surface area contributed by atoms with Gasteiger partial charge in [-0.25, -0.2) is 0 Å². The van der Waals surface area contributed by atoms with Gasteiger partial charge in [0.25, 0.3) is 0 Å². The second kappa shape index (κ2) is 6.39. The van der Waals surface area contributed by atoms with Gasteiger partial charge in [-0.15, -0.1) is 0 Å². The zero-order chi connectivity index (χ0) is 14.6. The number of nitrogens with zero attached hydrogens (tertiary/aromatic N) is 2. The number of rotatable bonds is 5. The number of nitrogens with one attached hydrogen (secondary N) is 1. The second-order valence-electron chi connectivity index (χ2n) is 6.14. The van der Waals surface area contributed by atoms with Gasteiger partial charge in [0.15, 0.2) is 0 Å². The molecule has 3 unspecified atom stereocenters. The fraction of sp³-hybridized carbons (Fsp3) is 0.588. The molecule has 3 atom stereocenters. The molecule has 108 valence electrons. The summed E-state index contributed by atoms with van der Waals surface area (Å²) in [5.41, 5.74) is 1.02. The maximum atomic E-state index is 9.28. The van der Waals surface area contributed by atoms with E-state index >= 15 is 0 Å². The Morgan fingerprint density at radius 3 is 2.75 bits per heavy atom. The third kappa shape index (κ3) is 3.39. The van der Waals surface area contributed by atoms with E-state index in [1.165, 1.54) is 12.0 Å². The summed E-state index contributed by atoms with van der Waals surface area (Å²) in [6.07, 6.45) is 2.08. The maximum absolute atomic E-state index is 9.28. The van der Waals surface area contributed by atoms with Crippen LogP contribution in [-0.2, 0) is 0 Å². The minimum absolute atomic E-state index is 0.426. The van der Waals surface area contributed by atoms with Crippen LogP contribution in [0.5, 0.6) is 0 Å². The lowest BCUT2D eigenvalue weighted by Crippen LogP contribution is -2.45. The molecule has 1 N–H and O–H groups in total. The molecule has 1 aromatic rings. The summed E-state index contributed by atoms with van der Waals surface area (Å²) in [6, 6.07) is 13.6. The normalized spacial score (nSPS) is 24.0. The van der Waals surface area contributed by atoms with Crippen LogP contribution in [0.1, 0.15) is 38.2 Å². The van der Waals surface area contributed by atoms with Gasteiger partial charge in [-0.2, -0.15) is 5.26 Å². The predicted octanol–water partition coefficient (Wildman–Crippen LogP) is 2.76. The fourth-order valence-corrected chi connectivity index (χ4v) is 3.11. The highest BCUT2D eigenvalue weighted by atomic mass is 15.2. The van der Waals surface area contributed by atoms with Crippen LogP contribution in [0.2, 0.25) is 0 Å². The first-order chi connectivity index (χ1) is 9.58. The van der Waals surface area contributed by atoms with E-state index < -0.39 is 5.54 Å². The maximum Gasteiger partial charge on any atom is 0.105 e. The molecule has 2 rings (SSSR count). The summed E-state index contributed by atoms with van der Waals surface area (Å²) in [5.74, 6) is 0.640. The van der Waals surface area contributed by atoms with Gasteiger partial charge in [0, 0.05) is 12.6 Å². The minimum atomic E-state index is -0.426. The van der Waals surface area contributed by atoms with Crippen molar-refractivity contribution in [2.45, 2.75) is 44.2 Å². The van der Waals surface area contributed by atoms with E-state index in [2.05, 4.69) is 53.5 Å². The molecule has 0 radical (unpaired) electrons. The van der Waals surface area contributed by atoms with Gasteiger partial charge in [-0.05, 0) is 51.8 Å². The van der Waals surface area contributed by atoms with Gasteiger partial charge >= 0.3 is 0 Å². The van der Waals surface area contributed by atoms with Crippen molar-refractivity contribution in [1.29, 1.82) is 5.26 Å². The smallest absolute Gasteiger partial charge is 0.105 e. The van der Waals surface area contributed by atoms with Gasteiger partial charge in [0.05, 0.1) is 6.07 Å². The van der Waals surface area contributed by atoms with Gasteiger partial charge < -0.3 is 5.32 Å². The Morgan fingerprint density at radius 2 is 2.15 bits per heavy atom. The molecular weight excluding hydrogens is 246 g/mol. The number of nitriles is 1. The SMILES string of the molecule is CNC(C)(C#N)CC(C)N1CCC(c2ccccc2)C1. The van der Waals surface area contributed by atoms with Gasteiger partial charge in [0.2, 0.25) is 0 Å². The van der Waals surface area contributed by atoms with E-state index in [4.69, 9.17) is 0 Å². The summed E-state index contributed by atoms with van der Waals surface area (Å²) in [6.45, 7) is 6.46. The van der Waals surface area contributed by atoms with E-state index in [1.807, 2.05) is 14.0 Å². The average molecular weight is 271 g/mol. The summed E-state index contributed by atoms with van der Waals surface area (Å²) < 4.78 is 0. The first-order valence-corrected chi connectivity index (χ1v) is 7.47. The van der Waals surface area contributed by atoms with Crippen LogP contribution >= 0.6 is 0 Å². The first-order valence-electron chi connectivity index (χ1n) is 7.47. The highest BCUT2D eigenvalue weighted by molar-refractivity contribution is 5.21. The second-order valence-corrected chi connectivity index (χ2v) is 6.14. The number of benzene rings is 1. The molecule has 0 aromatic heterocycles. The lowest BCUT2D eigenvalue weighted by molar-refractivity contribution is 0.214. The van der Waals surface area contributed by atoms with E-state index in [0.29, 0.717) is 12.0 Å². The molecule has 1 fully saturated rings. The molecule has 1 aliphatic heterocycles. The molecule has 3 nitrogen and oxygen atoms in total. The molecule has 3 heteroatoms. The summed E-state index contributed by atoms with van der Waals surface area (Å²) in [4.78, 5) is 2.52. The lowest BCUT2D eigenvalue weighted by Gasteiger charge is -2.31. The molecular formula is C17H25N3. The number of hydrogen-bond donors (Lipinski definition) is 1. The molecule has 0 aliphatic carbocycles. The van der Waals surface area contributed by atoms with Crippen molar-refractivity contribution in [2.75, 3.05) is 20.1 Å². The van der Waals surface area contributed by atoms with Crippen LogP contribution < -0.4 is 5.32 Å². The zero-order valence-corrected chi connectivity index (χ0v) is 12.8. The Morgan fingerprint density at radius 1 is 1.45 bits per heavy atom. The molecule has 1 saturated heterocycles. The van der Waals surface area contributed by atoms with Crippen molar-refractivity contribution >= 4 is 0 Å². The number of likely N-dealkylation sites (tertiary alicyclic amines) is 1. The van der Waals surface area contributed by atoms with Crippen molar-refractivity contribution < 1.29 is 0 Å². The van der Waals surface area contributed by atoms with Crippen LogP contribution in [-0.4, -0.2) is 36.6 Å². The highest BCUT2D eigenvalue weighted by Crippen LogP contribution is 2.29. The van der Waals surface area contributed by atoms with E-state index in [-0.39, 0.29) is 0 Å². The third-order valence-electron chi connectivity index (χ3n) is 4.62. The Hall–Kier alpha value is -1.37. The zero-order valence-electron chi connectivity index (χ0n) is 12.8. The lowest BCUT2D eigenvalue weighted by atomic mass is 9.94. The van der Waals surface area contributed by atoms with E-state index in [0.717, 1.165) is 19.5 Å².